The zero-order chi connectivity index (χ0) is 13.1. The quantitative estimate of drug-likeness (QED) is 0.482. The maximum absolute atomic E-state index is 11.0. The zero-order valence-electron chi connectivity index (χ0n) is 11.4. The van der Waals surface area contributed by atoms with E-state index in [0.717, 1.165) is 25.7 Å². The molecular formula is C14H24O3. The number of ether oxygens (including phenoxy) is 1. The summed E-state index contributed by atoms with van der Waals surface area (Å²) in [4.78, 5) is 22.0. The van der Waals surface area contributed by atoms with Crippen molar-refractivity contribution in [2.24, 2.45) is 17.3 Å². The molecule has 1 unspecified atom stereocenters. The van der Waals surface area contributed by atoms with E-state index in [1.54, 1.807) is 0 Å². The SMILES string of the molecule is CCC(C)(C)C.O=C1OC(=O)[C@H]2CCCCC12. The van der Waals surface area contributed by atoms with Crippen LogP contribution in [0.1, 0.15) is 59.8 Å². The molecule has 98 valence electrons. The van der Waals surface area contributed by atoms with Gasteiger partial charge in [0, 0.05) is 0 Å². The van der Waals surface area contributed by atoms with Crippen LogP contribution in [0.15, 0.2) is 0 Å². The number of carbonyl (C=O) groups is 2. The molecule has 3 heteroatoms. The predicted octanol–water partition coefficient (Wildman–Crippen LogP) is 3.32. The van der Waals surface area contributed by atoms with Crippen LogP contribution in [0.25, 0.3) is 0 Å². The van der Waals surface area contributed by atoms with Gasteiger partial charge in [-0.15, -0.1) is 0 Å². The molecule has 3 nitrogen and oxygen atoms in total. The Hall–Kier alpha value is -0.860. The fourth-order valence-electron chi connectivity index (χ4n) is 1.95. The normalized spacial score (nSPS) is 28.0. The molecule has 0 spiro atoms. The van der Waals surface area contributed by atoms with E-state index in [0.29, 0.717) is 5.41 Å². The number of rotatable bonds is 0. The Labute approximate surface area is 104 Å². The molecule has 0 aromatic carbocycles. The van der Waals surface area contributed by atoms with E-state index in [9.17, 15) is 9.59 Å². The number of esters is 2. The summed E-state index contributed by atoms with van der Waals surface area (Å²) < 4.78 is 4.53. The molecule has 1 heterocycles. The Morgan fingerprint density at radius 3 is 1.71 bits per heavy atom. The average molecular weight is 240 g/mol. The van der Waals surface area contributed by atoms with Crippen molar-refractivity contribution in [1.82, 2.24) is 0 Å². The second-order valence-electron chi connectivity index (χ2n) is 6.15. The van der Waals surface area contributed by atoms with Crippen molar-refractivity contribution in [2.75, 3.05) is 0 Å². The Kier molecular flexibility index (Phi) is 4.72. The molecule has 2 aliphatic rings. The summed E-state index contributed by atoms with van der Waals surface area (Å²) >= 11 is 0. The second kappa shape index (κ2) is 5.65. The molecule has 0 N–H and O–H groups in total. The second-order valence-corrected chi connectivity index (χ2v) is 6.15. The molecule has 1 saturated carbocycles. The van der Waals surface area contributed by atoms with E-state index in [2.05, 4.69) is 32.4 Å². The number of hydrogen-bond acceptors (Lipinski definition) is 3. The smallest absolute Gasteiger partial charge is 0.317 e. The summed E-state index contributed by atoms with van der Waals surface area (Å²) in [6.07, 6.45) is 5.07. The molecule has 0 aromatic heterocycles. The summed E-state index contributed by atoms with van der Waals surface area (Å²) in [7, 11) is 0. The van der Waals surface area contributed by atoms with Crippen LogP contribution in [0.2, 0.25) is 0 Å². The van der Waals surface area contributed by atoms with Crippen molar-refractivity contribution in [3.8, 4) is 0 Å². The Balaban J connectivity index is 0.000000209. The van der Waals surface area contributed by atoms with Crippen LogP contribution >= 0.6 is 0 Å². The van der Waals surface area contributed by atoms with Gasteiger partial charge in [0.1, 0.15) is 0 Å². The van der Waals surface area contributed by atoms with E-state index in [4.69, 9.17) is 0 Å². The third-order valence-corrected chi connectivity index (χ3v) is 3.63. The van der Waals surface area contributed by atoms with E-state index in [1.807, 2.05) is 0 Å². The van der Waals surface area contributed by atoms with Gasteiger partial charge in [-0.05, 0) is 18.3 Å². The molecule has 1 saturated heterocycles. The van der Waals surface area contributed by atoms with E-state index >= 15 is 0 Å². The van der Waals surface area contributed by atoms with Gasteiger partial charge in [-0.1, -0.05) is 47.0 Å². The van der Waals surface area contributed by atoms with Crippen LogP contribution in [-0.2, 0) is 14.3 Å². The van der Waals surface area contributed by atoms with Crippen molar-refractivity contribution < 1.29 is 14.3 Å². The predicted molar refractivity (Wildman–Crippen MR) is 66.3 cm³/mol. The van der Waals surface area contributed by atoms with Gasteiger partial charge in [-0.25, -0.2) is 0 Å². The van der Waals surface area contributed by atoms with Gasteiger partial charge >= 0.3 is 11.9 Å². The molecule has 0 aromatic rings. The summed E-state index contributed by atoms with van der Waals surface area (Å²) in [5.41, 5.74) is 0.542. The van der Waals surface area contributed by atoms with Crippen LogP contribution in [-0.4, -0.2) is 11.9 Å². The maximum Gasteiger partial charge on any atom is 0.317 e. The van der Waals surface area contributed by atoms with Crippen LogP contribution in [0.4, 0.5) is 0 Å². The number of cyclic esters (lactones) is 2. The van der Waals surface area contributed by atoms with E-state index < -0.39 is 0 Å². The lowest BCUT2D eigenvalue weighted by Crippen LogP contribution is -2.21. The van der Waals surface area contributed by atoms with Crippen molar-refractivity contribution in [1.29, 1.82) is 0 Å². The van der Waals surface area contributed by atoms with Crippen molar-refractivity contribution in [3.05, 3.63) is 0 Å². The van der Waals surface area contributed by atoms with Gasteiger partial charge < -0.3 is 4.74 Å². The molecule has 1 aliphatic heterocycles. The Morgan fingerprint density at radius 1 is 1.06 bits per heavy atom. The Morgan fingerprint density at radius 2 is 1.41 bits per heavy atom. The first-order valence-corrected chi connectivity index (χ1v) is 6.60. The summed E-state index contributed by atoms with van der Waals surface area (Å²) in [6.45, 7) is 8.94. The van der Waals surface area contributed by atoms with Gasteiger partial charge in [0.25, 0.3) is 0 Å². The van der Waals surface area contributed by atoms with Gasteiger partial charge in [0.15, 0.2) is 0 Å². The minimum atomic E-state index is -0.292. The summed E-state index contributed by atoms with van der Waals surface area (Å²) in [5.74, 6) is -0.785. The highest BCUT2D eigenvalue weighted by Crippen LogP contribution is 2.36. The largest absolute Gasteiger partial charge is 0.393 e. The summed E-state index contributed by atoms with van der Waals surface area (Å²) in [5, 5.41) is 0. The van der Waals surface area contributed by atoms with E-state index in [-0.39, 0.29) is 23.8 Å². The highest BCUT2D eigenvalue weighted by molar-refractivity contribution is 5.96. The molecule has 0 radical (unpaired) electrons. The van der Waals surface area contributed by atoms with E-state index in [1.165, 1.54) is 6.42 Å². The highest BCUT2D eigenvalue weighted by atomic mass is 16.6. The lowest BCUT2D eigenvalue weighted by atomic mass is 9.81. The highest BCUT2D eigenvalue weighted by Gasteiger charge is 2.44. The van der Waals surface area contributed by atoms with Crippen molar-refractivity contribution >= 4 is 11.9 Å². The molecule has 17 heavy (non-hydrogen) atoms. The van der Waals surface area contributed by atoms with Gasteiger partial charge in [0.05, 0.1) is 11.8 Å². The van der Waals surface area contributed by atoms with Crippen LogP contribution in [0.3, 0.4) is 0 Å². The van der Waals surface area contributed by atoms with Crippen LogP contribution < -0.4 is 0 Å². The minimum Gasteiger partial charge on any atom is -0.393 e. The molecule has 2 rings (SSSR count). The molecular weight excluding hydrogens is 216 g/mol. The standard InChI is InChI=1S/C8H10O3.C6H14/c9-7-5-3-1-2-4-6(5)8(10)11-7;1-5-6(2,3)4/h5-6H,1-4H2;5H2,1-4H3/t5-,6?;/m0./s1. The third-order valence-electron chi connectivity index (χ3n) is 3.63. The van der Waals surface area contributed by atoms with Crippen molar-refractivity contribution in [3.63, 3.8) is 0 Å². The monoisotopic (exact) mass is 240 g/mol. The molecule has 1 aliphatic carbocycles. The fraction of sp³-hybridized carbons (Fsp3) is 0.857. The van der Waals surface area contributed by atoms with Gasteiger partial charge in [0.2, 0.25) is 0 Å². The minimum absolute atomic E-state index is 0.101. The maximum atomic E-state index is 11.0. The van der Waals surface area contributed by atoms with Crippen LogP contribution in [0.5, 0.6) is 0 Å². The van der Waals surface area contributed by atoms with Gasteiger partial charge in [-0.3, -0.25) is 9.59 Å². The van der Waals surface area contributed by atoms with Crippen molar-refractivity contribution in [2.45, 2.75) is 59.8 Å². The van der Waals surface area contributed by atoms with Gasteiger partial charge in [-0.2, -0.15) is 0 Å². The zero-order valence-corrected chi connectivity index (χ0v) is 11.4. The molecule has 2 atom stereocenters. The molecule has 0 bridgehead atoms. The first-order chi connectivity index (χ1) is 7.85. The van der Waals surface area contributed by atoms with Crippen LogP contribution in [0, 0.1) is 17.3 Å². The Bertz CT molecular complexity index is 266. The average Bonchev–Trinajstić information content (AvgIpc) is 2.56. The first kappa shape index (κ1) is 14.2. The summed E-state index contributed by atoms with van der Waals surface area (Å²) in [6, 6.07) is 0. The number of carbonyl (C=O) groups excluding carboxylic acids is 2. The first-order valence-electron chi connectivity index (χ1n) is 6.60. The fourth-order valence-corrected chi connectivity index (χ4v) is 1.95. The molecule has 2 fully saturated rings. The third kappa shape index (κ3) is 4.14. The lowest BCUT2D eigenvalue weighted by molar-refractivity contribution is -0.153. The lowest BCUT2D eigenvalue weighted by Gasteiger charge is -2.18. The molecule has 0 amide bonds. The number of hydrogen-bond donors (Lipinski definition) is 0. The topological polar surface area (TPSA) is 43.4 Å². The number of fused-ring (bicyclic) bond motifs is 1.